The fourth-order valence-electron chi connectivity index (χ4n) is 4.00. The monoisotopic (exact) mass is 238 g/mol. The van der Waals surface area contributed by atoms with Crippen LogP contribution >= 0.6 is 0 Å². The van der Waals surface area contributed by atoms with Crippen molar-refractivity contribution in [2.75, 3.05) is 19.6 Å². The van der Waals surface area contributed by atoms with Crippen LogP contribution in [0.5, 0.6) is 0 Å². The molecule has 2 saturated carbocycles. The summed E-state index contributed by atoms with van der Waals surface area (Å²) in [7, 11) is 0. The summed E-state index contributed by atoms with van der Waals surface area (Å²) in [5.41, 5.74) is 6.48. The zero-order valence-corrected chi connectivity index (χ0v) is 11.5. The highest BCUT2D eigenvalue weighted by molar-refractivity contribution is 4.87. The summed E-state index contributed by atoms with van der Waals surface area (Å²) in [6, 6.07) is 0. The van der Waals surface area contributed by atoms with Crippen molar-refractivity contribution >= 4 is 0 Å². The Bertz CT molecular complexity index is 221. The summed E-state index contributed by atoms with van der Waals surface area (Å²) in [6.07, 6.45) is 11.3. The van der Waals surface area contributed by atoms with Crippen molar-refractivity contribution in [1.29, 1.82) is 0 Å². The van der Waals surface area contributed by atoms with E-state index in [4.69, 9.17) is 5.73 Å². The van der Waals surface area contributed by atoms with E-state index in [1.165, 1.54) is 64.5 Å². The lowest BCUT2D eigenvalue weighted by molar-refractivity contribution is 0.254. The van der Waals surface area contributed by atoms with E-state index in [0.29, 0.717) is 5.41 Å². The molecule has 2 aliphatic rings. The maximum atomic E-state index is 5.84. The molecule has 0 saturated heterocycles. The predicted molar refractivity (Wildman–Crippen MR) is 73.9 cm³/mol. The van der Waals surface area contributed by atoms with E-state index in [-0.39, 0.29) is 0 Å². The molecule has 0 aromatic heterocycles. The molecule has 0 radical (unpaired) electrons. The van der Waals surface area contributed by atoms with Gasteiger partial charge in [-0.3, -0.25) is 0 Å². The minimum absolute atomic E-state index is 0.636. The Labute approximate surface area is 107 Å². The molecule has 0 aliphatic heterocycles. The van der Waals surface area contributed by atoms with E-state index < -0.39 is 0 Å². The molecule has 2 aliphatic carbocycles. The van der Waals surface area contributed by atoms with E-state index in [0.717, 1.165) is 18.4 Å². The second-order valence-electron chi connectivity index (χ2n) is 6.38. The molecule has 17 heavy (non-hydrogen) atoms. The molecule has 0 aromatic rings. The van der Waals surface area contributed by atoms with Crippen LogP contribution in [0.15, 0.2) is 0 Å². The van der Waals surface area contributed by atoms with Gasteiger partial charge in [-0.05, 0) is 62.4 Å². The van der Waals surface area contributed by atoms with E-state index in [1.54, 1.807) is 0 Å². The fourth-order valence-corrected chi connectivity index (χ4v) is 4.00. The van der Waals surface area contributed by atoms with Crippen molar-refractivity contribution in [3.63, 3.8) is 0 Å². The Morgan fingerprint density at radius 3 is 2.47 bits per heavy atom. The molecule has 100 valence electrons. The van der Waals surface area contributed by atoms with Gasteiger partial charge >= 0.3 is 0 Å². The molecule has 2 nitrogen and oxygen atoms in total. The largest absolute Gasteiger partial charge is 0.330 e. The normalized spacial score (nSPS) is 32.1. The Morgan fingerprint density at radius 1 is 1.12 bits per heavy atom. The van der Waals surface area contributed by atoms with Gasteiger partial charge in [-0.15, -0.1) is 0 Å². The Hall–Kier alpha value is -0.0800. The van der Waals surface area contributed by atoms with Crippen molar-refractivity contribution in [3.8, 4) is 0 Å². The third kappa shape index (κ3) is 3.23. The van der Waals surface area contributed by atoms with Crippen molar-refractivity contribution in [3.05, 3.63) is 0 Å². The zero-order valence-electron chi connectivity index (χ0n) is 11.5. The minimum Gasteiger partial charge on any atom is -0.330 e. The van der Waals surface area contributed by atoms with E-state index in [2.05, 4.69) is 12.2 Å². The highest BCUT2D eigenvalue weighted by Crippen LogP contribution is 2.40. The molecule has 0 amide bonds. The molecule has 0 spiro atoms. The van der Waals surface area contributed by atoms with Crippen LogP contribution in [-0.4, -0.2) is 19.6 Å². The molecule has 0 bridgehead atoms. The molecule has 0 heterocycles. The third-order valence-corrected chi connectivity index (χ3v) is 5.44. The van der Waals surface area contributed by atoms with Crippen LogP contribution in [-0.2, 0) is 0 Å². The van der Waals surface area contributed by atoms with Crippen LogP contribution in [0.1, 0.15) is 58.3 Å². The zero-order chi connectivity index (χ0) is 12.1. The molecule has 2 unspecified atom stereocenters. The summed E-state index contributed by atoms with van der Waals surface area (Å²) >= 11 is 0. The van der Waals surface area contributed by atoms with Gasteiger partial charge in [0.25, 0.3) is 0 Å². The molecule has 2 atom stereocenters. The topological polar surface area (TPSA) is 38.0 Å². The summed E-state index contributed by atoms with van der Waals surface area (Å²) in [5, 5.41) is 3.77. The molecular formula is C15H30N2. The second-order valence-corrected chi connectivity index (χ2v) is 6.38. The third-order valence-electron chi connectivity index (χ3n) is 5.44. The van der Waals surface area contributed by atoms with Gasteiger partial charge in [0, 0.05) is 6.54 Å². The van der Waals surface area contributed by atoms with Crippen molar-refractivity contribution in [2.24, 2.45) is 23.0 Å². The van der Waals surface area contributed by atoms with Crippen LogP contribution in [0.3, 0.4) is 0 Å². The highest BCUT2D eigenvalue weighted by Gasteiger charge is 2.32. The first kappa shape index (κ1) is 13.4. The first-order chi connectivity index (χ1) is 8.29. The van der Waals surface area contributed by atoms with Gasteiger partial charge in [0.05, 0.1) is 0 Å². The lowest BCUT2D eigenvalue weighted by atomic mass is 9.83. The number of nitrogens with two attached hydrogens (primary N) is 1. The maximum absolute atomic E-state index is 5.84. The average Bonchev–Trinajstić information content (AvgIpc) is 2.98. The lowest BCUT2D eigenvalue weighted by Gasteiger charge is -2.29. The number of nitrogens with one attached hydrogen (secondary N) is 1. The van der Waals surface area contributed by atoms with Gasteiger partial charge in [-0.25, -0.2) is 0 Å². The van der Waals surface area contributed by atoms with Gasteiger partial charge in [-0.2, -0.15) is 0 Å². The van der Waals surface area contributed by atoms with E-state index in [9.17, 15) is 0 Å². The van der Waals surface area contributed by atoms with Crippen LogP contribution < -0.4 is 11.1 Å². The van der Waals surface area contributed by atoms with E-state index in [1.807, 2.05) is 0 Å². The van der Waals surface area contributed by atoms with Gasteiger partial charge in [0.1, 0.15) is 0 Å². The van der Waals surface area contributed by atoms with Gasteiger partial charge in [-0.1, -0.05) is 26.2 Å². The molecule has 2 fully saturated rings. The molecular weight excluding hydrogens is 208 g/mol. The van der Waals surface area contributed by atoms with Gasteiger partial charge < -0.3 is 11.1 Å². The van der Waals surface area contributed by atoms with Crippen molar-refractivity contribution < 1.29 is 0 Å². The summed E-state index contributed by atoms with van der Waals surface area (Å²) in [6.45, 7) is 5.72. The number of hydrogen-bond acceptors (Lipinski definition) is 2. The predicted octanol–water partition coefficient (Wildman–Crippen LogP) is 2.92. The standard InChI is InChI=1S/C15H30N2/c1-2-15(8-3-4-9-15)12-17-11-14-7-5-6-13(14)10-16/h13-14,17H,2-12,16H2,1H3. The van der Waals surface area contributed by atoms with Crippen molar-refractivity contribution in [1.82, 2.24) is 5.32 Å². The van der Waals surface area contributed by atoms with Gasteiger partial charge in [0.2, 0.25) is 0 Å². The quantitative estimate of drug-likeness (QED) is 0.746. The smallest absolute Gasteiger partial charge is 0.000782 e. The molecule has 3 N–H and O–H groups in total. The maximum Gasteiger partial charge on any atom is 0.000782 e. The Kier molecular flexibility index (Phi) is 4.87. The van der Waals surface area contributed by atoms with Crippen LogP contribution in [0.4, 0.5) is 0 Å². The van der Waals surface area contributed by atoms with Gasteiger partial charge in [0.15, 0.2) is 0 Å². The molecule has 2 rings (SSSR count). The fraction of sp³-hybridized carbons (Fsp3) is 1.00. The van der Waals surface area contributed by atoms with Crippen LogP contribution in [0.25, 0.3) is 0 Å². The lowest BCUT2D eigenvalue weighted by Crippen LogP contribution is -2.36. The average molecular weight is 238 g/mol. The second kappa shape index (κ2) is 6.19. The first-order valence-electron chi connectivity index (χ1n) is 7.70. The highest BCUT2D eigenvalue weighted by atomic mass is 14.9. The van der Waals surface area contributed by atoms with Crippen molar-refractivity contribution in [2.45, 2.75) is 58.3 Å². The van der Waals surface area contributed by atoms with E-state index >= 15 is 0 Å². The minimum atomic E-state index is 0.636. The Morgan fingerprint density at radius 2 is 1.82 bits per heavy atom. The Balaban J connectivity index is 1.71. The number of hydrogen-bond donors (Lipinski definition) is 2. The van der Waals surface area contributed by atoms with Crippen LogP contribution in [0.2, 0.25) is 0 Å². The summed E-state index contributed by atoms with van der Waals surface area (Å²) in [4.78, 5) is 0. The molecule has 2 heteroatoms. The summed E-state index contributed by atoms with van der Waals surface area (Å²) < 4.78 is 0. The first-order valence-corrected chi connectivity index (χ1v) is 7.70. The number of rotatable bonds is 6. The summed E-state index contributed by atoms with van der Waals surface area (Å²) in [5.74, 6) is 1.65. The SMILES string of the molecule is CCC1(CNCC2CCCC2CN)CCCC1. The molecule has 0 aromatic carbocycles. The van der Waals surface area contributed by atoms with Crippen LogP contribution in [0, 0.1) is 17.3 Å².